The van der Waals surface area contributed by atoms with E-state index < -0.39 is 17.6 Å². The number of aromatic nitrogens is 2. The summed E-state index contributed by atoms with van der Waals surface area (Å²) < 4.78 is 41.0. The van der Waals surface area contributed by atoms with Crippen molar-refractivity contribution in [2.45, 2.75) is 6.18 Å². The van der Waals surface area contributed by atoms with Gasteiger partial charge in [0.15, 0.2) is 0 Å². The number of aromatic amines is 1. The number of nitrogens with one attached hydrogen (secondary N) is 2. The summed E-state index contributed by atoms with van der Waals surface area (Å²) in [5.41, 5.74) is 1.81. The fourth-order valence-electron chi connectivity index (χ4n) is 3.78. The number of alkyl halides is 3. The number of anilines is 1. The van der Waals surface area contributed by atoms with Gasteiger partial charge in [-0.2, -0.15) is 13.2 Å². The molecule has 0 aliphatic heterocycles. The molecular formula is C25H15BrF3N3O2. The van der Waals surface area contributed by atoms with Crippen molar-refractivity contribution < 1.29 is 23.1 Å². The number of phenols is 1. The first-order valence-electron chi connectivity index (χ1n) is 10.1. The summed E-state index contributed by atoms with van der Waals surface area (Å²) in [7, 11) is 0. The Kier molecular flexibility index (Phi) is 5.28. The van der Waals surface area contributed by atoms with E-state index in [4.69, 9.17) is 0 Å². The first-order chi connectivity index (χ1) is 16.2. The third kappa shape index (κ3) is 4.10. The summed E-state index contributed by atoms with van der Waals surface area (Å²) in [6.45, 7) is 0. The molecule has 0 aliphatic carbocycles. The zero-order chi connectivity index (χ0) is 24.0. The highest BCUT2D eigenvalue weighted by atomic mass is 79.9. The van der Waals surface area contributed by atoms with E-state index in [1.807, 2.05) is 18.2 Å². The molecule has 0 radical (unpaired) electrons. The second-order valence-electron chi connectivity index (χ2n) is 7.68. The number of fused-ring (bicyclic) bond motifs is 2. The van der Waals surface area contributed by atoms with Crippen molar-refractivity contribution in [3.05, 3.63) is 88.5 Å². The molecule has 0 atom stereocenters. The number of carbonyl (C=O) groups excluding carboxylic acids is 1. The van der Waals surface area contributed by atoms with Crippen LogP contribution >= 0.6 is 15.9 Å². The highest BCUT2D eigenvalue weighted by Crippen LogP contribution is 2.35. The van der Waals surface area contributed by atoms with Crippen LogP contribution in [-0.2, 0) is 6.18 Å². The predicted molar refractivity (Wildman–Crippen MR) is 128 cm³/mol. The second-order valence-corrected chi connectivity index (χ2v) is 8.59. The largest absolute Gasteiger partial charge is 0.508 e. The number of hydrogen-bond donors (Lipinski definition) is 3. The van der Waals surface area contributed by atoms with Crippen LogP contribution in [0.1, 0.15) is 15.9 Å². The number of rotatable bonds is 3. The molecule has 34 heavy (non-hydrogen) atoms. The monoisotopic (exact) mass is 525 g/mol. The molecule has 0 fully saturated rings. The van der Waals surface area contributed by atoms with E-state index >= 15 is 0 Å². The van der Waals surface area contributed by atoms with Crippen LogP contribution < -0.4 is 5.32 Å². The van der Waals surface area contributed by atoms with Gasteiger partial charge in [-0.15, -0.1) is 0 Å². The van der Waals surface area contributed by atoms with Gasteiger partial charge in [0.1, 0.15) is 5.75 Å². The maximum Gasteiger partial charge on any atom is 0.416 e. The molecule has 1 amide bonds. The molecule has 0 spiro atoms. The lowest BCUT2D eigenvalue weighted by molar-refractivity contribution is -0.137. The van der Waals surface area contributed by atoms with Gasteiger partial charge in [-0.05, 0) is 66.7 Å². The molecule has 0 bridgehead atoms. The lowest BCUT2D eigenvalue weighted by Gasteiger charge is -2.13. The molecule has 2 heterocycles. The van der Waals surface area contributed by atoms with Crippen LogP contribution in [0.5, 0.6) is 5.75 Å². The van der Waals surface area contributed by atoms with Crippen molar-refractivity contribution in [3.8, 4) is 17.0 Å². The number of hydrogen-bond acceptors (Lipinski definition) is 3. The van der Waals surface area contributed by atoms with E-state index in [0.29, 0.717) is 16.9 Å². The lowest BCUT2D eigenvalue weighted by Crippen LogP contribution is -2.13. The summed E-state index contributed by atoms with van der Waals surface area (Å²) in [5.74, 6) is -0.574. The number of amides is 1. The molecule has 0 aliphatic rings. The SMILES string of the molecule is O=C(Nc1ccc(O)cc1)c1cc(-c2c[nH]c3ccc(Br)cc23)nc2ccc(C(F)(F)F)cc12. The summed E-state index contributed by atoms with van der Waals surface area (Å²) in [6.07, 6.45) is -2.82. The predicted octanol–water partition coefficient (Wildman–Crippen LogP) is 7.12. The van der Waals surface area contributed by atoms with E-state index in [0.717, 1.165) is 27.5 Å². The fourth-order valence-corrected chi connectivity index (χ4v) is 4.14. The number of carbonyl (C=O) groups is 1. The molecule has 0 unspecified atom stereocenters. The van der Waals surface area contributed by atoms with E-state index in [1.54, 1.807) is 6.20 Å². The Bertz CT molecular complexity index is 1560. The van der Waals surface area contributed by atoms with E-state index in [1.165, 1.54) is 36.4 Å². The number of benzene rings is 3. The number of phenolic OH excluding ortho intramolecular Hbond substituents is 1. The first kappa shape index (κ1) is 22.0. The Morgan fingerprint density at radius 3 is 2.47 bits per heavy atom. The van der Waals surface area contributed by atoms with Gasteiger partial charge in [0.25, 0.3) is 5.91 Å². The van der Waals surface area contributed by atoms with Crippen LogP contribution in [0, 0.1) is 0 Å². The molecule has 3 aromatic carbocycles. The Balaban J connectivity index is 1.70. The molecule has 170 valence electrons. The Morgan fingerprint density at radius 1 is 0.971 bits per heavy atom. The van der Waals surface area contributed by atoms with E-state index in [-0.39, 0.29) is 22.2 Å². The van der Waals surface area contributed by atoms with Crippen molar-refractivity contribution in [3.63, 3.8) is 0 Å². The van der Waals surface area contributed by atoms with Crippen molar-refractivity contribution in [1.82, 2.24) is 9.97 Å². The third-order valence-corrected chi connectivity index (χ3v) is 5.92. The van der Waals surface area contributed by atoms with Crippen LogP contribution in [0.2, 0.25) is 0 Å². The van der Waals surface area contributed by atoms with Gasteiger partial charge in [-0.1, -0.05) is 15.9 Å². The number of nitrogens with zero attached hydrogens (tertiary/aromatic N) is 1. The normalized spacial score (nSPS) is 11.8. The average molecular weight is 526 g/mol. The average Bonchev–Trinajstić information content (AvgIpc) is 3.22. The molecule has 0 saturated heterocycles. The highest BCUT2D eigenvalue weighted by Gasteiger charge is 2.31. The molecule has 5 nitrogen and oxygen atoms in total. The van der Waals surface area contributed by atoms with Crippen LogP contribution in [0.15, 0.2) is 77.4 Å². The van der Waals surface area contributed by atoms with E-state index in [2.05, 4.69) is 31.2 Å². The quantitative estimate of drug-likeness (QED) is 0.219. The van der Waals surface area contributed by atoms with Gasteiger partial charge in [-0.25, -0.2) is 4.98 Å². The van der Waals surface area contributed by atoms with Crippen LogP contribution in [0.3, 0.4) is 0 Å². The third-order valence-electron chi connectivity index (χ3n) is 5.43. The molecule has 3 N–H and O–H groups in total. The van der Waals surface area contributed by atoms with Gasteiger partial charge < -0.3 is 15.4 Å². The number of H-pyrrole nitrogens is 1. The maximum atomic E-state index is 13.4. The highest BCUT2D eigenvalue weighted by molar-refractivity contribution is 9.10. The molecule has 2 aromatic heterocycles. The fraction of sp³-hybridized carbons (Fsp3) is 0.0400. The van der Waals surface area contributed by atoms with Gasteiger partial charge in [-0.3, -0.25) is 4.79 Å². The number of pyridine rings is 1. The molecular weight excluding hydrogens is 511 g/mol. The summed E-state index contributed by atoms with van der Waals surface area (Å²) in [5, 5.41) is 13.1. The number of aromatic hydroxyl groups is 1. The summed E-state index contributed by atoms with van der Waals surface area (Å²) in [6, 6.07) is 16.1. The Labute approximate surface area is 199 Å². The van der Waals surface area contributed by atoms with Crippen molar-refractivity contribution >= 4 is 49.3 Å². The minimum Gasteiger partial charge on any atom is -0.508 e. The van der Waals surface area contributed by atoms with Crippen LogP contribution in [0.25, 0.3) is 33.1 Å². The zero-order valence-corrected chi connectivity index (χ0v) is 18.8. The molecule has 5 aromatic rings. The minimum atomic E-state index is -4.57. The van der Waals surface area contributed by atoms with E-state index in [9.17, 15) is 23.1 Å². The minimum absolute atomic E-state index is 0.0231. The molecule has 5 rings (SSSR count). The smallest absolute Gasteiger partial charge is 0.416 e. The lowest BCUT2D eigenvalue weighted by atomic mass is 10.0. The standard InChI is InChI=1S/C25H15BrF3N3O2/c26-14-2-8-21-18(10-14)20(12-30-21)23-11-19(24(34)31-15-3-5-16(33)6-4-15)17-9-13(25(27,28)29)1-7-22(17)32-23/h1-12,30,33H,(H,31,34). The Morgan fingerprint density at radius 2 is 1.74 bits per heavy atom. The van der Waals surface area contributed by atoms with Crippen LogP contribution in [0.4, 0.5) is 18.9 Å². The first-order valence-corrected chi connectivity index (χ1v) is 10.9. The summed E-state index contributed by atoms with van der Waals surface area (Å²) in [4.78, 5) is 20.9. The second kappa shape index (κ2) is 8.18. The van der Waals surface area contributed by atoms with Crippen molar-refractivity contribution in [2.75, 3.05) is 5.32 Å². The maximum absolute atomic E-state index is 13.4. The van der Waals surface area contributed by atoms with Gasteiger partial charge in [0, 0.05) is 38.2 Å². The molecule has 9 heteroatoms. The number of halogens is 4. The van der Waals surface area contributed by atoms with Gasteiger partial charge in [0.05, 0.1) is 22.3 Å². The molecule has 0 saturated carbocycles. The van der Waals surface area contributed by atoms with Crippen molar-refractivity contribution in [2.24, 2.45) is 0 Å². The summed E-state index contributed by atoms with van der Waals surface area (Å²) >= 11 is 3.45. The van der Waals surface area contributed by atoms with Crippen molar-refractivity contribution in [1.29, 1.82) is 0 Å². The topological polar surface area (TPSA) is 78.0 Å². The van der Waals surface area contributed by atoms with Gasteiger partial charge in [0.2, 0.25) is 0 Å². The Hall–Kier alpha value is -3.85. The van der Waals surface area contributed by atoms with Crippen LogP contribution in [-0.4, -0.2) is 21.0 Å². The van der Waals surface area contributed by atoms with Gasteiger partial charge >= 0.3 is 6.18 Å². The zero-order valence-electron chi connectivity index (χ0n) is 17.2.